The number of carbonyl (C=O) groups excluding carboxylic acids is 2. The van der Waals surface area contributed by atoms with Crippen LogP contribution in [0.3, 0.4) is 0 Å². The maximum absolute atomic E-state index is 12.2. The molecule has 26 heavy (non-hydrogen) atoms. The van der Waals surface area contributed by atoms with E-state index in [4.69, 9.17) is 9.47 Å². The zero-order valence-corrected chi connectivity index (χ0v) is 16.5. The van der Waals surface area contributed by atoms with Crippen LogP contribution in [-0.2, 0) is 14.3 Å². The van der Waals surface area contributed by atoms with Gasteiger partial charge in [0.1, 0.15) is 5.60 Å². The summed E-state index contributed by atoms with van der Waals surface area (Å²) in [4.78, 5) is 24.2. The van der Waals surface area contributed by atoms with Gasteiger partial charge in [-0.05, 0) is 61.6 Å². The number of rotatable bonds is 8. The second kappa shape index (κ2) is 9.20. The predicted octanol–water partition coefficient (Wildman–Crippen LogP) is 5.26. The van der Waals surface area contributed by atoms with Crippen LogP contribution >= 0.6 is 0 Å². The summed E-state index contributed by atoms with van der Waals surface area (Å²) >= 11 is 0. The van der Waals surface area contributed by atoms with E-state index in [2.05, 4.69) is 20.8 Å². The fourth-order valence-electron chi connectivity index (χ4n) is 3.63. The van der Waals surface area contributed by atoms with Crippen LogP contribution in [0.15, 0.2) is 24.3 Å². The zero-order chi connectivity index (χ0) is 19.2. The third-order valence-electron chi connectivity index (χ3n) is 5.98. The van der Waals surface area contributed by atoms with Crippen LogP contribution in [0.4, 0.5) is 0 Å². The van der Waals surface area contributed by atoms with E-state index in [1.807, 2.05) is 19.1 Å². The first kappa shape index (κ1) is 20.5. The van der Waals surface area contributed by atoms with Crippen molar-refractivity contribution in [2.75, 3.05) is 6.61 Å². The highest BCUT2D eigenvalue weighted by Crippen LogP contribution is 2.36. The SMILES string of the molecule is CCC(C)C(C)c1ccc(C(=O)OCC(=O)OC2(CC)CCCC2)cc1. The van der Waals surface area contributed by atoms with E-state index in [9.17, 15) is 9.59 Å². The van der Waals surface area contributed by atoms with E-state index < -0.39 is 11.9 Å². The smallest absolute Gasteiger partial charge is 0.344 e. The summed E-state index contributed by atoms with van der Waals surface area (Å²) in [5, 5.41) is 0. The predicted molar refractivity (Wildman–Crippen MR) is 102 cm³/mol. The van der Waals surface area contributed by atoms with Crippen LogP contribution in [0.5, 0.6) is 0 Å². The van der Waals surface area contributed by atoms with Crippen molar-refractivity contribution in [2.45, 2.75) is 77.7 Å². The maximum Gasteiger partial charge on any atom is 0.344 e. The molecular formula is C22H32O4. The molecule has 1 saturated carbocycles. The Bertz CT molecular complexity index is 599. The van der Waals surface area contributed by atoms with Crippen LogP contribution in [0, 0.1) is 5.92 Å². The third-order valence-corrected chi connectivity index (χ3v) is 5.98. The molecule has 1 aromatic rings. The fourth-order valence-corrected chi connectivity index (χ4v) is 3.63. The molecule has 1 aliphatic carbocycles. The third kappa shape index (κ3) is 5.09. The van der Waals surface area contributed by atoms with E-state index in [-0.39, 0.29) is 12.2 Å². The van der Waals surface area contributed by atoms with E-state index in [1.54, 1.807) is 12.1 Å². The molecule has 2 unspecified atom stereocenters. The monoisotopic (exact) mass is 360 g/mol. The van der Waals surface area contributed by atoms with Crippen LogP contribution in [0.1, 0.15) is 88.1 Å². The first-order chi connectivity index (χ1) is 12.4. The van der Waals surface area contributed by atoms with Crippen molar-refractivity contribution < 1.29 is 19.1 Å². The highest BCUT2D eigenvalue weighted by Gasteiger charge is 2.36. The molecule has 0 bridgehead atoms. The van der Waals surface area contributed by atoms with Gasteiger partial charge in [-0.1, -0.05) is 46.2 Å². The lowest BCUT2D eigenvalue weighted by atomic mass is 9.87. The Morgan fingerprint density at radius 1 is 1.08 bits per heavy atom. The average Bonchev–Trinajstić information content (AvgIpc) is 3.13. The Balaban J connectivity index is 1.86. The highest BCUT2D eigenvalue weighted by molar-refractivity contribution is 5.90. The van der Waals surface area contributed by atoms with Gasteiger partial charge in [-0.2, -0.15) is 0 Å². The molecule has 0 saturated heterocycles. The fraction of sp³-hybridized carbons (Fsp3) is 0.636. The molecule has 0 heterocycles. The molecule has 4 nitrogen and oxygen atoms in total. The Hall–Kier alpha value is -1.84. The Morgan fingerprint density at radius 2 is 1.69 bits per heavy atom. The summed E-state index contributed by atoms with van der Waals surface area (Å²) in [6, 6.07) is 7.48. The summed E-state index contributed by atoms with van der Waals surface area (Å²) in [7, 11) is 0. The molecular weight excluding hydrogens is 328 g/mol. The van der Waals surface area contributed by atoms with Crippen molar-refractivity contribution in [3.63, 3.8) is 0 Å². The molecule has 0 N–H and O–H groups in total. The quantitative estimate of drug-likeness (QED) is 0.593. The Labute approximate surface area is 157 Å². The molecule has 0 amide bonds. The number of ether oxygens (including phenoxy) is 2. The molecule has 0 radical (unpaired) electrons. The van der Waals surface area contributed by atoms with Crippen molar-refractivity contribution in [3.8, 4) is 0 Å². The van der Waals surface area contributed by atoms with Crippen molar-refractivity contribution in [1.82, 2.24) is 0 Å². The number of hydrogen-bond donors (Lipinski definition) is 0. The summed E-state index contributed by atoms with van der Waals surface area (Å²) in [6.07, 6.45) is 5.90. The van der Waals surface area contributed by atoms with Crippen LogP contribution in [0.25, 0.3) is 0 Å². The topological polar surface area (TPSA) is 52.6 Å². The van der Waals surface area contributed by atoms with Gasteiger partial charge in [-0.15, -0.1) is 0 Å². The van der Waals surface area contributed by atoms with Gasteiger partial charge in [0, 0.05) is 0 Å². The summed E-state index contributed by atoms with van der Waals surface area (Å²) in [5.41, 5.74) is 1.32. The standard InChI is InChI=1S/C22H32O4/c1-5-16(3)17(4)18-9-11-19(12-10-18)21(24)25-15-20(23)26-22(6-2)13-7-8-14-22/h9-12,16-17H,5-8,13-15H2,1-4H3. The van der Waals surface area contributed by atoms with E-state index >= 15 is 0 Å². The zero-order valence-electron chi connectivity index (χ0n) is 16.5. The van der Waals surface area contributed by atoms with Crippen molar-refractivity contribution in [1.29, 1.82) is 0 Å². The van der Waals surface area contributed by atoms with E-state index in [0.29, 0.717) is 17.4 Å². The average molecular weight is 360 g/mol. The first-order valence-corrected chi connectivity index (χ1v) is 9.89. The van der Waals surface area contributed by atoms with Gasteiger partial charge in [-0.3, -0.25) is 0 Å². The van der Waals surface area contributed by atoms with Crippen molar-refractivity contribution in [2.24, 2.45) is 5.92 Å². The second-order valence-corrected chi connectivity index (χ2v) is 7.59. The minimum Gasteiger partial charge on any atom is -0.457 e. The minimum absolute atomic E-state index is 0.328. The molecule has 4 heteroatoms. The molecule has 1 aromatic carbocycles. The molecule has 144 valence electrons. The number of carbonyl (C=O) groups is 2. The van der Waals surface area contributed by atoms with Gasteiger partial charge in [0.25, 0.3) is 0 Å². The van der Waals surface area contributed by atoms with Crippen LogP contribution in [0.2, 0.25) is 0 Å². The highest BCUT2D eigenvalue weighted by atomic mass is 16.6. The molecule has 2 rings (SSSR count). The van der Waals surface area contributed by atoms with Crippen molar-refractivity contribution in [3.05, 3.63) is 35.4 Å². The van der Waals surface area contributed by atoms with Crippen LogP contribution in [-0.4, -0.2) is 24.1 Å². The normalized spacial score (nSPS) is 18.2. The lowest BCUT2D eigenvalue weighted by molar-refractivity contribution is -0.163. The summed E-state index contributed by atoms with van der Waals surface area (Å²) < 4.78 is 10.8. The number of benzene rings is 1. The Kier molecular flexibility index (Phi) is 7.24. The minimum atomic E-state index is -0.485. The lowest BCUT2D eigenvalue weighted by Crippen LogP contribution is -2.33. The van der Waals surface area contributed by atoms with Gasteiger partial charge in [0.2, 0.25) is 0 Å². The van der Waals surface area contributed by atoms with Gasteiger partial charge in [-0.25, -0.2) is 9.59 Å². The maximum atomic E-state index is 12.2. The number of esters is 2. The van der Waals surface area contributed by atoms with E-state index in [1.165, 1.54) is 5.56 Å². The summed E-state index contributed by atoms with van der Waals surface area (Å²) in [6.45, 7) is 8.31. The summed E-state index contributed by atoms with van der Waals surface area (Å²) in [5.74, 6) is 0.0894. The van der Waals surface area contributed by atoms with Gasteiger partial charge in [0.15, 0.2) is 6.61 Å². The molecule has 0 aromatic heterocycles. The lowest BCUT2D eigenvalue weighted by Gasteiger charge is -2.27. The molecule has 0 aliphatic heterocycles. The van der Waals surface area contributed by atoms with Gasteiger partial charge >= 0.3 is 11.9 Å². The molecule has 1 fully saturated rings. The molecule has 0 spiro atoms. The van der Waals surface area contributed by atoms with Crippen molar-refractivity contribution >= 4 is 11.9 Å². The van der Waals surface area contributed by atoms with E-state index in [0.717, 1.165) is 38.5 Å². The molecule has 2 atom stereocenters. The first-order valence-electron chi connectivity index (χ1n) is 9.89. The second-order valence-electron chi connectivity index (χ2n) is 7.59. The van der Waals surface area contributed by atoms with Gasteiger partial charge < -0.3 is 9.47 Å². The van der Waals surface area contributed by atoms with Crippen LogP contribution < -0.4 is 0 Å². The molecule has 1 aliphatic rings. The van der Waals surface area contributed by atoms with Gasteiger partial charge in [0.05, 0.1) is 5.56 Å². The number of hydrogen-bond acceptors (Lipinski definition) is 4. The Morgan fingerprint density at radius 3 is 2.23 bits per heavy atom. The largest absolute Gasteiger partial charge is 0.457 e.